The fourth-order valence-electron chi connectivity index (χ4n) is 2.86. The van der Waals surface area contributed by atoms with Gasteiger partial charge in [-0.1, -0.05) is 18.2 Å². The predicted octanol–water partition coefficient (Wildman–Crippen LogP) is 2.67. The number of imidazole rings is 1. The maximum Gasteiger partial charge on any atom is 0.133 e. The first-order valence-corrected chi connectivity index (χ1v) is 6.87. The van der Waals surface area contributed by atoms with E-state index in [4.69, 9.17) is 9.72 Å². The third-order valence-corrected chi connectivity index (χ3v) is 3.94. The quantitative estimate of drug-likeness (QED) is 0.690. The summed E-state index contributed by atoms with van der Waals surface area (Å²) in [5.41, 5.74) is 2.36. The SMILES string of the molecule is On1cc2nc(C3CCOCC3)nc-2c2ccccc21. The molecule has 1 aromatic carbocycles. The van der Waals surface area contributed by atoms with Crippen molar-refractivity contribution >= 4 is 10.9 Å². The fraction of sp³-hybridized carbons (Fsp3) is 0.333. The van der Waals surface area contributed by atoms with Crippen LogP contribution in [0.1, 0.15) is 24.6 Å². The summed E-state index contributed by atoms with van der Waals surface area (Å²) in [6, 6.07) is 7.69. The maximum atomic E-state index is 10.0. The van der Waals surface area contributed by atoms with Crippen molar-refractivity contribution in [2.24, 2.45) is 0 Å². The molecule has 0 unspecified atom stereocenters. The summed E-state index contributed by atoms with van der Waals surface area (Å²) in [5.74, 6) is 1.24. The number of hydrogen-bond donors (Lipinski definition) is 1. The van der Waals surface area contributed by atoms with E-state index in [1.807, 2.05) is 24.3 Å². The van der Waals surface area contributed by atoms with Crippen LogP contribution in [0.2, 0.25) is 0 Å². The van der Waals surface area contributed by atoms with Gasteiger partial charge in [0.05, 0.1) is 11.7 Å². The van der Waals surface area contributed by atoms with Crippen LogP contribution in [0.4, 0.5) is 0 Å². The molecule has 3 aliphatic heterocycles. The maximum absolute atomic E-state index is 10.0. The molecule has 0 atom stereocenters. The zero-order chi connectivity index (χ0) is 13.5. The number of ether oxygens (including phenoxy) is 1. The molecule has 0 aliphatic carbocycles. The van der Waals surface area contributed by atoms with E-state index in [-0.39, 0.29) is 0 Å². The van der Waals surface area contributed by atoms with Crippen molar-refractivity contribution in [3.8, 4) is 11.4 Å². The van der Waals surface area contributed by atoms with Crippen molar-refractivity contribution in [3.05, 3.63) is 36.3 Å². The molecule has 1 fully saturated rings. The number of rotatable bonds is 1. The van der Waals surface area contributed by atoms with Crippen molar-refractivity contribution in [2.45, 2.75) is 18.8 Å². The number of nitrogens with zero attached hydrogens (tertiary/aromatic N) is 3. The van der Waals surface area contributed by atoms with Crippen LogP contribution >= 0.6 is 0 Å². The Balaban J connectivity index is 1.90. The van der Waals surface area contributed by atoms with E-state index in [0.29, 0.717) is 5.92 Å². The van der Waals surface area contributed by atoms with Gasteiger partial charge < -0.3 is 9.94 Å². The van der Waals surface area contributed by atoms with E-state index in [1.54, 1.807) is 6.20 Å². The van der Waals surface area contributed by atoms with E-state index in [9.17, 15) is 5.21 Å². The van der Waals surface area contributed by atoms with E-state index >= 15 is 0 Å². The molecule has 3 aliphatic rings. The molecular formula is C15H15N3O2. The number of fused-ring (bicyclic) bond motifs is 3. The number of para-hydroxylation sites is 1. The van der Waals surface area contributed by atoms with Crippen LogP contribution in [-0.4, -0.2) is 33.1 Å². The second-order valence-electron chi connectivity index (χ2n) is 5.19. The number of hydrogen-bond acceptors (Lipinski definition) is 4. The minimum atomic E-state index is 0.363. The number of benzene rings is 1. The number of pyridine rings is 1. The highest BCUT2D eigenvalue weighted by molar-refractivity contribution is 5.92. The molecule has 1 saturated heterocycles. The van der Waals surface area contributed by atoms with Crippen LogP contribution in [0, 0.1) is 0 Å². The lowest BCUT2D eigenvalue weighted by atomic mass is 10.00. The van der Waals surface area contributed by atoms with Gasteiger partial charge in [-0.3, -0.25) is 0 Å². The lowest BCUT2D eigenvalue weighted by Crippen LogP contribution is -2.14. The Kier molecular flexibility index (Phi) is 2.60. The second kappa shape index (κ2) is 4.45. The first kappa shape index (κ1) is 11.7. The van der Waals surface area contributed by atoms with Gasteiger partial charge in [0.1, 0.15) is 17.2 Å². The monoisotopic (exact) mass is 269 g/mol. The summed E-state index contributed by atoms with van der Waals surface area (Å²) in [6.45, 7) is 1.55. The molecule has 4 rings (SSSR count). The minimum Gasteiger partial charge on any atom is -0.428 e. The molecule has 0 bridgehead atoms. The van der Waals surface area contributed by atoms with Crippen LogP contribution in [0.25, 0.3) is 22.3 Å². The van der Waals surface area contributed by atoms with Gasteiger partial charge in [0.25, 0.3) is 0 Å². The Hall–Kier alpha value is -2.14. The zero-order valence-corrected chi connectivity index (χ0v) is 11.0. The van der Waals surface area contributed by atoms with Gasteiger partial charge in [-0.05, 0) is 18.9 Å². The average Bonchev–Trinajstić information content (AvgIpc) is 2.93. The van der Waals surface area contributed by atoms with E-state index in [2.05, 4.69) is 4.98 Å². The predicted molar refractivity (Wildman–Crippen MR) is 74.1 cm³/mol. The molecule has 0 radical (unpaired) electrons. The molecule has 102 valence electrons. The van der Waals surface area contributed by atoms with Crippen molar-refractivity contribution < 1.29 is 9.94 Å². The van der Waals surface area contributed by atoms with Crippen LogP contribution in [0.15, 0.2) is 30.5 Å². The van der Waals surface area contributed by atoms with E-state index < -0.39 is 0 Å². The molecular weight excluding hydrogens is 254 g/mol. The van der Waals surface area contributed by atoms with Gasteiger partial charge in [0, 0.05) is 24.5 Å². The van der Waals surface area contributed by atoms with E-state index in [0.717, 1.165) is 58.9 Å². The summed E-state index contributed by atoms with van der Waals surface area (Å²) in [5, 5.41) is 10.9. The van der Waals surface area contributed by atoms with Crippen molar-refractivity contribution in [1.29, 1.82) is 0 Å². The van der Waals surface area contributed by atoms with Crippen LogP contribution in [0.5, 0.6) is 0 Å². The highest BCUT2D eigenvalue weighted by Gasteiger charge is 2.23. The van der Waals surface area contributed by atoms with Crippen molar-refractivity contribution in [1.82, 2.24) is 14.7 Å². The Bertz CT molecular complexity index is 731. The van der Waals surface area contributed by atoms with Crippen LogP contribution in [0.3, 0.4) is 0 Å². The van der Waals surface area contributed by atoms with Gasteiger partial charge in [0.2, 0.25) is 0 Å². The van der Waals surface area contributed by atoms with Crippen molar-refractivity contribution in [2.75, 3.05) is 13.2 Å². The average molecular weight is 269 g/mol. The highest BCUT2D eigenvalue weighted by Crippen LogP contribution is 2.32. The fourth-order valence-corrected chi connectivity index (χ4v) is 2.86. The standard InChI is InChI=1S/C15H15N3O2/c19-18-9-12-14(11-3-1-2-4-13(11)18)17-15(16-12)10-5-7-20-8-6-10/h1-4,9-10,19H,5-8H2. The van der Waals surface area contributed by atoms with Gasteiger partial charge in [-0.25, -0.2) is 9.97 Å². The molecule has 3 heterocycles. The molecule has 5 heteroatoms. The summed E-state index contributed by atoms with van der Waals surface area (Å²) < 4.78 is 6.51. The molecule has 20 heavy (non-hydrogen) atoms. The Labute approximate surface area is 116 Å². The molecule has 0 spiro atoms. The summed E-state index contributed by atoms with van der Waals surface area (Å²) >= 11 is 0. The Morgan fingerprint density at radius 3 is 2.80 bits per heavy atom. The largest absolute Gasteiger partial charge is 0.428 e. The Morgan fingerprint density at radius 1 is 1.15 bits per heavy atom. The zero-order valence-electron chi connectivity index (χ0n) is 11.0. The molecule has 0 aromatic heterocycles. The van der Waals surface area contributed by atoms with Crippen molar-refractivity contribution in [3.63, 3.8) is 0 Å². The first-order valence-electron chi connectivity index (χ1n) is 6.87. The molecule has 0 saturated carbocycles. The van der Waals surface area contributed by atoms with Crippen LogP contribution in [-0.2, 0) is 4.74 Å². The third-order valence-electron chi connectivity index (χ3n) is 3.94. The van der Waals surface area contributed by atoms with E-state index in [1.165, 1.54) is 0 Å². The Morgan fingerprint density at radius 2 is 1.95 bits per heavy atom. The molecule has 0 amide bonds. The number of aromatic nitrogens is 3. The van der Waals surface area contributed by atoms with Crippen LogP contribution < -0.4 is 0 Å². The highest BCUT2D eigenvalue weighted by atomic mass is 16.5. The van der Waals surface area contributed by atoms with Gasteiger partial charge >= 0.3 is 0 Å². The molecule has 1 N–H and O–H groups in total. The molecule has 1 aromatic rings. The van der Waals surface area contributed by atoms with Gasteiger partial charge in [-0.2, -0.15) is 4.73 Å². The summed E-state index contributed by atoms with van der Waals surface area (Å²) in [6.07, 6.45) is 3.56. The third kappa shape index (κ3) is 1.74. The first-order chi connectivity index (χ1) is 9.83. The second-order valence-corrected chi connectivity index (χ2v) is 5.19. The lowest BCUT2D eigenvalue weighted by molar-refractivity contribution is 0.0838. The smallest absolute Gasteiger partial charge is 0.133 e. The summed E-state index contributed by atoms with van der Waals surface area (Å²) in [7, 11) is 0. The normalized spacial score (nSPS) is 17.0. The summed E-state index contributed by atoms with van der Waals surface area (Å²) in [4.78, 5) is 9.31. The van der Waals surface area contributed by atoms with Gasteiger partial charge in [0.15, 0.2) is 0 Å². The van der Waals surface area contributed by atoms with Gasteiger partial charge in [-0.15, -0.1) is 0 Å². The lowest BCUT2D eigenvalue weighted by Gasteiger charge is -2.19. The molecule has 5 nitrogen and oxygen atoms in total. The topological polar surface area (TPSA) is 60.2 Å². The minimum absolute atomic E-state index is 0.363.